The maximum absolute atomic E-state index is 12.1. The van der Waals surface area contributed by atoms with Crippen LogP contribution in [0.4, 0.5) is 4.39 Å². The molecule has 0 radical (unpaired) electrons. The summed E-state index contributed by atoms with van der Waals surface area (Å²) in [5.41, 5.74) is 2.18. The standard InChI is InChI=1S/C14H17FN4O/c1-2-16-14(20)11-5-7-13(8-6-11)19-10-12(17-18-19)4-3-9-15/h5-8,10H,2-4,9H2,1H3,(H,16,20). The van der Waals surface area contributed by atoms with Crippen molar-refractivity contribution in [2.24, 2.45) is 0 Å². The second kappa shape index (κ2) is 6.79. The number of amides is 1. The zero-order valence-electron chi connectivity index (χ0n) is 11.3. The van der Waals surface area contributed by atoms with Crippen molar-refractivity contribution in [2.75, 3.05) is 13.2 Å². The summed E-state index contributed by atoms with van der Waals surface area (Å²) in [4.78, 5) is 11.6. The molecule has 0 atom stereocenters. The Morgan fingerprint density at radius 1 is 1.35 bits per heavy atom. The molecule has 1 amide bonds. The number of nitrogens with zero attached hydrogens (tertiary/aromatic N) is 3. The quantitative estimate of drug-likeness (QED) is 0.877. The minimum absolute atomic E-state index is 0.0960. The van der Waals surface area contributed by atoms with Crippen molar-refractivity contribution in [1.82, 2.24) is 20.3 Å². The first kappa shape index (κ1) is 14.2. The lowest BCUT2D eigenvalue weighted by Crippen LogP contribution is -2.22. The van der Waals surface area contributed by atoms with Crippen LogP contribution >= 0.6 is 0 Å². The first-order valence-corrected chi connectivity index (χ1v) is 6.60. The molecule has 0 bridgehead atoms. The molecule has 5 nitrogen and oxygen atoms in total. The second-order valence-corrected chi connectivity index (χ2v) is 4.35. The highest BCUT2D eigenvalue weighted by Gasteiger charge is 2.06. The molecular weight excluding hydrogens is 259 g/mol. The number of nitrogens with one attached hydrogen (secondary N) is 1. The lowest BCUT2D eigenvalue weighted by atomic mass is 10.2. The number of hydrogen-bond acceptors (Lipinski definition) is 3. The predicted octanol–water partition coefficient (Wildman–Crippen LogP) is 1.92. The molecule has 0 saturated heterocycles. The second-order valence-electron chi connectivity index (χ2n) is 4.35. The SMILES string of the molecule is CCNC(=O)c1ccc(-n2cc(CCCF)nn2)cc1. The van der Waals surface area contributed by atoms with Crippen molar-refractivity contribution < 1.29 is 9.18 Å². The zero-order valence-corrected chi connectivity index (χ0v) is 11.3. The van der Waals surface area contributed by atoms with Gasteiger partial charge in [0.05, 0.1) is 24.3 Å². The highest BCUT2D eigenvalue weighted by Crippen LogP contribution is 2.10. The van der Waals surface area contributed by atoms with Gasteiger partial charge >= 0.3 is 0 Å². The van der Waals surface area contributed by atoms with E-state index in [4.69, 9.17) is 0 Å². The van der Waals surface area contributed by atoms with Crippen LogP contribution in [-0.2, 0) is 6.42 Å². The molecule has 20 heavy (non-hydrogen) atoms. The average molecular weight is 276 g/mol. The maximum Gasteiger partial charge on any atom is 0.251 e. The molecule has 0 fully saturated rings. The Labute approximate surface area is 116 Å². The van der Waals surface area contributed by atoms with E-state index in [2.05, 4.69) is 15.6 Å². The molecule has 1 N–H and O–H groups in total. The number of aryl methyl sites for hydroxylation is 1. The molecule has 106 valence electrons. The van der Waals surface area contributed by atoms with Crippen molar-refractivity contribution in [3.05, 3.63) is 41.7 Å². The van der Waals surface area contributed by atoms with Gasteiger partial charge in [0.15, 0.2) is 0 Å². The number of benzene rings is 1. The number of halogens is 1. The molecular formula is C14H17FN4O. The van der Waals surface area contributed by atoms with E-state index < -0.39 is 0 Å². The number of carbonyl (C=O) groups is 1. The minimum Gasteiger partial charge on any atom is -0.352 e. The number of alkyl halides is 1. The molecule has 0 saturated carbocycles. The lowest BCUT2D eigenvalue weighted by Gasteiger charge is -2.03. The first-order valence-electron chi connectivity index (χ1n) is 6.60. The van der Waals surface area contributed by atoms with E-state index in [1.807, 2.05) is 6.92 Å². The van der Waals surface area contributed by atoms with Gasteiger partial charge in [0, 0.05) is 12.1 Å². The van der Waals surface area contributed by atoms with Crippen molar-refractivity contribution >= 4 is 5.91 Å². The van der Waals surface area contributed by atoms with Crippen LogP contribution in [0.25, 0.3) is 5.69 Å². The van der Waals surface area contributed by atoms with E-state index in [0.29, 0.717) is 24.9 Å². The summed E-state index contributed by atoms with van der Waals surface area (Å²) in [6.07, 6.45) is 2.80. The average Bonchev–Trinajstić information content (AvgIpc) is 2.94. The molecule has 1 aromatic carbocycles. The molecule has 6 heteroatoms. The summed E-state index contributed by atoms with van der Waals surface area (Å²) in [7, 11) is 0. The Kier molecular flexibility index (Phi) is 4.81. The Hall–Kier alpha value is -2.24. The summed E-state index contributed by atoms with van der Waals surface area (Å²) in [6, 6.07) is 7.09. The smallest absolute Gasteiger partial charge is 0.251 e. The zero-order chi connectivity index (χ0) is 14.4. The topological polar surface area (TPSA) is 59.8 Å². The normalized spacial score (nSPS) is 10.5. The number of aromatic nitrogens is 3. The highest BCUT2D eigenvalue weighted by molar-refractivity contribution is 5.94. The van der Waals surface area contributed by atoms with Crippen LogP contribution in [0.1, 0.15) is 29.4 Å². The van der Waals surface area contributed by atoms with Crippen LogP contribution in [0.5, 0.6) is 0 Å². The Morgan fingerprint density at radius 3 is 2.75 bits per heavy atom. The van der Waals surface area contributed by atoms with E-state index in [1.165, 1.54) is 0 Å². The molecule has 2 aromatic rings. The van der Waals surface area contributed by atoms with Crippen LogP contribution in [0.2, 0.25) is 0 Å². The molecule has 1 heterocycles. The van der Waals surface area contributed by atoms with Crippen LogP contribution in [0.3, 0.4) is 0 Å². The van der Waals surface area contributed by atoms with Gasteiger partial charge in [-0.1, -0.05) is 5.21 Å². The van der Waals surface area contributed by atoms with Gasteiger partial charge in [-0.25, -0.2) is 4.68 Å². The summed E-state index contributed by atoms with van der Waals surface area (Å²) in [6.45, 7) is 2.12. The van der Waals surface area contributed by atoms with E-state index in [0.717, 1.165) is 11.4 Å². The molecule has 0 aliphatic heterocycles. The van der Waals surface area contributed by atoms with E-state index in [9.17, 15) is 9.18 Å². The van der Waals surface area contributed by atoms with Crippen LogP contribution in [0.15, 0.2) is 30.5 Å². The van der Waals surface area contributed by atoms with E-state index in [1.54, 1.807) is 35.1 Å². The fourth-order valence-electron chi connectivity index (χ4n) is 1.82. The monoisotopic (exact) mass is 276 g/mol. The van der Waals surface area contributed by atoms with Gasteiger partial charge < -0.3 is 5.32 Å². The third-order valence-electron chi connectivity index (χ3n) is 2.84. The Bertz CT molecular complexity index is 565. The fraction of sp³-hybridized carbons (Fsp3) is 0.357. The van der Waals surface area contributed by atoms with E-state index >= 15 is 0 Å². The summed E-state index contributed by atoms with van der Waals surface area (Å²) >= 11 is 0. The largest absolute Gasteiger partial charge is 0.352 e. The van der Waals surface area contributed by atoms with Gasteiger partial charge in [0.2, 0.25) is 0 Å². The maximum atomic E-state index is 12.1. The van der Waals surface area contributed by atoms with Gasteiger partial charge in [-0.15, -0.1) is 5.10 Å². The molecule has 1 aromatic heterocycles. The van der Waals surface area contributed by atoms with Gasteiger partial charge in [-0.05, 0) is 44.0 Å². The Morgan fingerprint density at radius 2 is 2.10 bits per heavy atom. The van der Waals surface area contributed by atoms with Gasteiger partial charge in [0.1, 0.15) is 0 Å². The summed E-state index contributed by atoms with van der Waals surface area (Å²) in [5.74, 6) is -0.0960. The summed E-state index contributed by atoms with van der Waals surface area (Å²) < 4.78 is 13.7. The molecule has 2 rings (SSSR count). The molecule has 0 spiro atoms. The lowest BCUT2D eigenvalue weighted by molar-refractivity contribution is 0.0956. The highest BCUT2D eigenvalue weighted by atomic mass is 19.1. The molecule has 0 aliphatic rings. The van der Waals surface area contributed by atoms with Crippen LogP contribution in [0, 0.1) is 0 Å². The number of hydrogen-bond donors (Lipinski definition) is 1. The summed E-state index contributed by atoms with van der Waals surface area (Å²) in [5, 5.41) is 10.7. The van der Waals surface area contributed by atoms with Crippen molar-refractivity contribution in [3.8, 4) is 5.69 Å². The van der Waals surface area contributed by atoms with Crippen molar-refractivity contribution in [1.29, 1.82) is 0 Å². The number of carbonyl (C=O) groups excluding carboxylic acids is 1. The van der Waals surface area contributed by atoms with Crippen LogP contribution < -0.4 is 5.32 Å². The van der Waals surface area contributed by atoms with Gasteiger partial charge in [0.25, 0.3) is 5.91 Å². The number of rotatable bonds is 6. The predicted molar refractivity (Wildman–Crippen MR) is 73.7 cm³/mol. The molecule has 0 aliphatic carbocycles. The third-order valence-corrected chi connectivity index (χ3v) is 2.84. The van der Waals surface area contributed by atoms with Gasteiger partial charge in [-0.2, -0.15) is 0 Å². The first-order chi connectivity index (χ1) is 9.74. The molecule has 0 unspecified atom stereocenters. The van der Waals surface area contributed by atoms with Crippen molar-refractivity contribution in [3.63, 3.8) is 0 Å². The van der Waals surface area contributed by atoms with Crippen molar-refractivity contribution in [2.45, 2.75) is 19.8 Å². The van der Waals surface area contributed by atoms with E-state index in [-0.39, 0.29) is 12.6 Å². The van der Waals surface area contributed by atoms with Crippen LogP contribution in [-0.4, -0.2) is 34.1 Å². The fourth-order valence-corrected chi connectivity index (χ4v) is 1.82. The third kappa shape index (κ3) is 3.40. The minimum atomic E-state index is -0.353. The van der Waals surface area contributed by atoms with Gasteiger partial charge in [-0.3, -0.25) is 9.18 Å². The Balaban J connectivity index is 2.09.